The Morgan fingerprint density at radius 1 is 1.41 bits per heavy atom. The van der Waals surface area contributed by atoms with Crippen molar-refractivity contribution in [3.05, 3.63) is 29.6 Å². The number of amides is 1. The summed E-state index contributed by atoms with van der Waals surface area (Å²) in [5.41, 5.74) is 1.09. The molecule has 9 nitrogen and oxygen atoms in total. The normalized spacial score (nSPS) is 25.0. The number of hydrogen-bond acceptors (Lipinski definition) is 6. The molecule has 2 fully saturated rings. The van der Waals surface area contributed by atoms with Crippen molar-refractivity contribution in [3.63, 3.8) is 0 Å². The number of fused-ring (bicyclic) bond motifs is 1. The maximum Gasteiger partial charge on any atom is 0.248 e. The van der Waals surface area contributed by atoms with Gasteiger partial charge in [-0.25, -0.2) is 4.98 Å². The number of nitrogens with zero attached hydrogens (tertiary/aromatic N) is 6. The number of nitrogens with one attached hydrogen (secondary N) is 1. The van der Waals surface area contributed by atoms with Gasteiger partial charge in [0.1, 0.15) is 12.4 Å². The lowest BCUT2D eigenvalue weighted by Gasteiger charge is -2.41. The smallest absolute Gasteiger partial charge is 0.248 e. The molecule has 4 rings (SSSR count). The lowest BCUT2D eigenvalue weighted by atomic mass is 9.72. The Morgan fingerprint density at radius 3 is 2.90 bits per heavy atom. The van der Waals surface area contributed by atoms with E-state index in [9.17, 15) is 4.79 Å². The highest BCUT2D eigenvalue weighted by molar-refractivity contribution is 5.77. The third-order valence-corrected chi connectivity index (χ3v) is 6.29. The summed E-state index contributed by atoms with van der Waals surface area (Å²) in [7, 11) is 1.57. The molecule has 1 N–H and O–H groups in total. The maximum absolute atomic E-state index is 12.4. The van der Waals surface area contributed by atoms with E-state index in [-0.39, 0.29) is 17.9 Å². The van der Waals surface area contributed by atoms with Crippen molar-refractivity contribution < 1.29 is 9.53 Å². The average molecular weight is 402 g/mol. The van der Waals surface area contributed by atoms with Gasteiger partial charge in [-0.15, -0.1) is 0 Å². The fourth-order valence-corrected chi connectivity index (χ4v) is 4.78. The van der Waals surface area contributed by atoms with Crippen molar-refractivity contribution in [2.45, 2.75) is 45.2 Å². The number of methoxy groups -OCH3 is 1. The van der Waals surface area contributed by atoms with Crippen LogP contribution in [0.5, 0.6) is 0 Å². The predicted molar refractivity (Wildman–Crippen MR) is 107 cm³/mol. The molecule has 2 aromatic heterocycles. The molecule has 0 bridgehead atoms. The molecule has 0 spiro atoms. The molecule has 1 amide bonds. The van der Waals surface area contributed by atoms with E-state index in [0.717, 1.165) is 44.2 Å². The van der Waals surface area contributed by atoms with Crippen LogP contribution in [-0.2, 0) is 21.5 Å². The summed E-state index contributed by atoms with van der Waals surface area (Å²) in [5.74, 6) is 2.08. The summed E-state index contributed by atoms with van der Waals surface area (Å²) in [6.07, 6.45) is 4.96. The Morgan fingerprint density at radius 2 is 2.24 bits per heavy atom. The molecule has 2 aliphatic rings. The molecular weight excluding hydrogens is 370 g/mol. The molecule has 158 valence electrons. The summed E-state index contributed by atoms with van der Waals surface area (Å²) < 4.78 is 7.06. The highest BCUT2D eigenvalue weighted by Gasteiger charge is 2.53. The number of aromatic amines is 1. The van der Waals surface area contributed by atoms with E-state index in [1.54, 1.807) is 7.11 Å². The first-order chi connectivity index (χ1) is 13.9. The van der Waals surface area contributed by atoms with E-state index in [4.69, 9.17) is 9.72 Å². The molecule has 9 heteroatoms. The quantitative estimate of drug-likeness (QED) is 0.780. The van der Waals surface area contributed by atoms with E-state index >= 15 is 0 Å². The van der Waals surface area contributed by atoms with Crippen LogP contribution in [0.1, 0.15) is 43.5 Å². The molecule has 0 unspecified atom stereocenters. The highest BCUT2D eigenvalue weighted by atomic mass is 16.5. The van der Waals surface area contributed by atoms with Crippen LogP contribution in [0.3, 0.4) is 0 Å². The Hall–Kier alpha value is -2.26. The van der Waals surface area contributed by atoms with Crippen molar-refractivity contribution in [3.8, 4) is 0 Å². The zero-order valence-corrected chi connectivity index (χ0v) is 17.8. The van der Waals surface area contributed by atoms with Crippen molar-refractivity contribution in [1.82, 2.24) is 34.8 Å². The topological polar surface area (TPSA) is 92.2 Å². The summed E-state index contributed by atoms with van der Waals surface area (Å²) in [5, 5.41) is 12.0. The minimum atomic E-state index is -0.122. The monoisotopic (exact) mass is 401 g/mol. The second-order valence-corrected chi connectivity index (χ2v) is 8.71. The van der Waals surface area contributed by atoms with Crippen LogP contribution in [0.15, 0.2) is 12.4 Å². The van der Waals surface area contributed by atoms with Gasteiger partial charge in [-0.1, -0.05) is 0 Å². The number of likely N-dealkylation sites (tertiary alicyclic amines) is 2. The highest BCUT2D eigenvalue weighted by Crippen LogP contribution is 2.44. The lowest BCUT2D eigenvalue weighted by molar-refractivity contribution is -0.137. The SMILES string of the molecule is COCC(=O)N1CC[C@@]2(c3n[nH]c(C)n3)CN(Cc3cnn(C(C)C)c3)C[C@H]2C1. The van der Waals surface area contributed by atoms with Crippen molar-refractivity contribution in [1.29, 1.82) is 0 Å². The third-order valence-electron chi connectivity index (χ3n) is 6.29. The number of carbonyl (C=O) groups is 1. The van der Waals surface area contributed by atoms with Gasteiger partial charge in [-0.2, -0.15) is 10.2 Å². The van der Waals surface area contributed by atoms with Gasteiger partial charge in [-0.3, -0.25) is 19.5 Å². The first-order valence-electron chi connectivity index (χ1n) is 10.3. The Kier molecular flexibility index (Phi) is 5.44. The maximum atomic E-state index is 12.4. The number of aromatic nitrogens is 5. The summed E-state index contributed by atoms with van der Waals surface area (Å²) in [6.45, 7) is 10.4. The van der Waals surface area contributed by atoms with Crippen molar-refractivity contribution in [2.24, 2.45) is 5.92 Å². The van der Waals surface area contributed by atoms with Crippen LogP contribution >= 0.6 is 0 Å². The van der Waals surface area contributed by atoms with E-state index in [1.165, 1.54) is 5.56 Å². The van der Waals surface area contributed by atoms with Gasteiger partial charge >= 0.3 is 0 Å². The van der Waals surface area contributed by atoms with Crippen molar-refractivity contribution in [2.75, 3.05) is 39.9 Å². The fourth-order valence-electron chi connectivity index (χ4n) is 4.78. The van der Waals surface area contributed by atoms with E-state index in [0.29, 0.717) is 18.5 Å². The average Bonchev–Trinajstić information content (AvgIpc) is 3.40. The molecule has 2 atom stereocenters. The first kappa shape index (κ1) is 20.0. The van der Waals surface area contributed by atoms with Gasteiger partial charge in [0.25, 0.3) is 0 Å². The van der Waals surface area contributed by atoms with Gasteiger partial charge in [0.2, 0.25) is 5.91 Å². The predicted octanol–water partition coefficient (Wildman–Crippen LogP) is 1.14. The van der Waals surface area contributed by atoms with Crippen LogP contribution < -0.4 is 0 Å². The van der Waals surface area contributed by atoms with E-state index in [1.807, 2.05) is 22.7 Å². The Bertz CT molecular complexity index is 861. The molecule has 0 aliphatic carbocycles. The Labute approximate surface area is 171 Å². The molecule has 2 saturated heterocycles. The summed E-state index contributed by atoms with van der Waals surface area (Å²) in [4.78, 5) is 21.5. The van der Waals surface area contributed by atoms with Crippen molar-refractivity contribution >= 4 is 5.91 Å². The van der Waals surface area contributed by atoms with Crippen LogP contribution in [0.2, 0.25) is 0 Å². The minimum Gasteiger partial charge on any atom is -0.375 e. The summed E-state index contributed by atoms with van der Waals surface area (Å²) >= 11 is 0. The Balaban J connectivity index is 1.55. The second-order valence-electron chi connectivity index (χ2n) is 8.71. The molecule has 0 radical (unpaired) electrons. The molecule has 0 saturated carbocycles. The number of carbonyl (C=O) groups excluding carboxylic acids is 1. The number of piperidine rings is 1. The number of aryl methyl sites for hydroxylation is 1. The van der Waals surface area contributed by atoms with Gasteiger partial charge < -0.3 is 9.64 Å². The number of hydrogen-bond donors (Lipinski definition) is 1. The molecular formula is C20H31N7O2. The zero-order chi connectivity index (χ0) is 20.6. The lowest BCUT2D eigenvalue weighted by Crippen LogP contribution is -2.52. The van der Waals surface area contributed by atoms with Gasteiger partial charge in [0.05, 0.1) is 11.6 Å². The van der Waals surface area contributed by atoms with Crippen LogP contribution in [0.25, 0.3) is 0 Å². The minimum absolute atomic E-state index is 0.0592. The third kappa shape index (κ3) is 3.81. The molecule has 0 aromatic carbocycles. The fraction of sp³-hybridized carbons (Fsp3) is 0.700. The number of ether oxygens (including phenoxy) is 1. The number of rotatable bonds is 6. The van der Waals surface area contributed by atoms with Gasteiger partial charge in [0, 0.05) is 63.6 Å². The largest absolute Gasteiger partial charge is 0.375 e. The summed E-state index contributed by atoms with van der Waals surface area (Å²) in [6, 6.07) is 0.354. The molecule has 2 aromatic rings. The van der Waals surface area contributed by atoms with Gasteiger partial charge in [-0.05, 0) is 27.2 Å². The first-order valence-corrected chi connectivity index (χ1v) is 10.3. The van der Waals surface area contributed by atoms with E-state index in [2.05, 4.69) is 40.2 Å². The standard InChI is InChI=1S/C20H31N7O2/c1-14(2)27-9-16(7-21-27)8-25-10-17-11-26(18(28)12-29-4)6-5-20(17,13-25)19-22-15(3)23-24-19/h7,9,14,17H,5-6,8,10-13H2,1-4H3,(H,22,23,24)/t17-,20+/m0/s1. The second kappa shape index (κ2) is 7.87. The van der Waals surface area contributed by atoms with Crippen LogP contribution in [0, 0.1) is 12.8 Å². The van der Waals surface area contributed by atoms with E-state index < -0.39 is 0 Å². The molecule has 4 heterocycles. The van der Waals surface area contributed by atoms with Crippen LogP contribution in [0.4, 0.5) is 0 Å². The number of H-pyrrole nitrogens is 1. The van der Waals surface area contributed by atoms with Gasteiger partial charge in [0.15, 0.2) is 5.82 Å². The van der Waals surface area contributed by atoms with Crippen LogP contribution in [-0.4, -0.2) is 80.6 Å². The molecule has 29 heavy (non-hydrogen) atoms. The zero-order valence-electron chi connectivity index (χ0n) is 17.8. The molecule has 2 aliphatic heterocycles.